The third-order valence-electron chi connectivity index (χ3n) is 5.30. The van der Waals surface area contributed by atoms with Crippen LogP contribution in [0.15, 0.2) is 79.1 Å². The summed E-state index contributed by atoms with van der Waals surface area (Å²) in [6.07, 6.45) is 3.26. The molecule has 0 bridgehead atoms. The molecular formula is C26H16F4N4. The molecule has 2 heterocycles. The molecule has 0 amide bonds. The Bertz CT molecular complexity index is 1510. The van der Waals surface area contributed by atoms with E-state index >= 15 is 0 Å². The molecule has 5 rings (SSSR count). The van der Waals surface area contributed by atoms with E-state index in [1.165, 1.54) is 18.2 Å². The first-order valence-electron chi connectivity index (χ1n) is 10.3. The van der Waals surface area contributed by atoms with Gasteiger partial charge in [0.15, 0.2) is 17.5 Å². The molecule has 2 aromatic heterocycles. The Hall–Kier alpha value is -4.33. The lowest BCUT2D eigenvalue weighted by molar-refractivity contribution is 0.507. The zero-order chi connectivity index (χ0) is 23.7. The largest absolute Gasteiger partial charge is 0.365 e. The second-order valence-electron chi connectivity index (χ2n) is 7.60. The van der Waals surface area contributed by atoms with Crippen LogP contribution in [-0.2, 0) is 6.54 Å². The summed E-state index contributed by atoms with van der Waals surface area (Å²) in [5.41, 5.74) is 2.51. The lowest BCUT2D eigenvalue weighted by Crippen LogP contribution is -2.05. The highest BCUT2D eigenvalue weighted by Gasteiger charge is 2.14. The first-order chi connectivity index (χ1) is 16.5. The maximum atomic E-state index is 14.4. The predicted octanol–water partition coefficient (Wildman–Crippen LogP) is 6.53. The van der Waals surface area contributed by atoms with Crippen LogP contribution in [0.5, 0.6) is 0 Å². The van der Waals surface area contributed by atoms with E-state index in [0.29, 0.717) is 39.2 Å². The molecule has 0 atom stereocenters. The normalized spacial score (nSPS) is 11.1. The molecule has 0 saturated carbocycles. The lowest BCUT2D eigenvalue weighted by Gasteiger charge is -2.13. The highest BCUT2D eigenvalue weighted by Crippen LogP contribution is 2.31. The number of aromatic nitrogens is 3. The molecule has 8 heteroatoms. The minimum absolute atomic E-state index is 0.158. The first-order valence-corrected chi connectivity index (χ1v) is 10.3. The fourth-order valence-corrected chi connectivity index (χ4v) is 3.61. The molecule has 0 spiro atoms. The van der Waals surface area contributed by atoms with E-state index in [4.69, 9.17) is 0 Å². The quantitative estimate of drug-likeness (QED) is 0.303. The van der Waals surface area contributed by atoms with Gasteiger partial charge in [0, 0.05) is 41.5 Å². The molecule has 3 aromatic carbocycles. The van der Waals surface area contributed by atoms with Crippen molar-refractivity contribution in [1.29, 1.82) is 0 Å². The third-order valence-corrected chi connectivity index (χ3v) is 5.30. The van der Waals surface area contributed by atoms with Gasteiger partial charge in [0.05, 0.1) is 5.52 Å². The second-order valence-corrected chi connectivity index (χ2v) is 7.60. The fourth-order valence-electron chi connectivity index (χ4n) is 3.61. The van der Waals surface area contributed by atoms with Gasteiger partial charge in [-0.05, 0) is 59.7 Å². The summed E-state index contributed by atoms with van der Waals surface area (Å²) in [4.78, 5) is 13.3. The average molecular weight is 460 g/mol. The Labute approximate surface area is 192 Å². The standard InChI is InChI=1S/C26H16F4N4/c27-18-5-6-19(22(29)12-18)16-4-8-24-20(11-16)26(32-13-15-3-7-21(28)23(30)10-15)34-25(33-24)17-2-1-9-31-14-17/h1-12,14H,13H2,(H,32,33,34). The maximum Gasteiger partial charge on any atom is 0.163 e. The molecule has 0 fully saturated rings. The molecule has 0 unspecified atom stereocenters. The topological polar surface area (TPSA) is 50.7 Å². The van der Waals surface area contributed by atoms with E-state index in [9.17, 15) is 17.6 Å². The highest BCUT2D eigenvalue weighted by atomic mass is 19.2. The number of nitrogens with one attached hydrogen (secondary N) is 1. The van der Waals surface area contributed by atoms with Gasteiger partial charge >= 0.3 is 0 Å². The molecular weight excluding hydrogens is 444 g/mol. The van der Waals surface area contributed by atoms with Crippen LogP contribution in [0, 0.1) is 23.3 Å². The summed E-state index contributed by atoms with van der Waals surface area (Å²) in [5.74, 6) is -2.41. The Morgan fingerprint density at radius 3 is 2.38 bits per heavy atom. The number of pyridine rings is 1. The number of hydrogen-bond acceptors (Lipinski definition) is 4. The van der Waals surface area contributed by atoms with E-state index in [1.807, 2.05) is 6.07 Å². The van der Waals surface area contributed by atoms with E-state index in [-0.39, 0.29) is 12.1 Å². The molecule has 34 heavy (non-hydrogen) atoms. The molecule has 5 aromatic rings. The van der Waals surface area contributed by atoms with Crippen LogP contribution in [0.25, 0.3) is 33.4 Å². The van der Waals surface area contributed by atoms with Gasteiger partial charge in [-0.1, -0.05) is 12.1 Å². The molecule has 168 valence electrons. The van der Waals surface area contributed by atoms with Crippen LogP contribution in [0.1, 0.15) is 5.56 Å². The van der Waals surface area contributed by atoms with Crippen molar-refractivity contribution in [2.24, 2.45) is 0 Å². The van der Waals surface area contributed by atoms with Crippen LogP contribution < -0.4 is 5.32 Å². The summed E-state index contributed by atoms with van der Waals surface area (Å²) in [7, 11) is 0. The summed E-state index contributed by atoms with van der Waals surface area (Å²) >= 11 is 0. The van der Waals surface area contributed by atoms with E-state index in [2.05, 4.69) is 20.3 Å². The zero-order valence-electron chi connectivity index (χ0n) is 17.6. The van der Waals surface area contributed by atoms with Gasteiger partial charge in [0.1, 0.15) is 17.5 Å². The van der Waals surface area contributed by atoms with Crippen molar-refractivity contribution in [3.05, 3.63) is 108 Å². The smallest absolute Gasteiger partial charge is 0.163 e. The third kappa shape index (κ3) is 4.30. The predicted molar refractivity (Wildman–Crippen MR) is 122 cm³/mol. The highest BCUT2D eigenvalue weighted by molar-refractivity contribution is 5.94. The minimum Gasteiger partial charge on any atom is -0.365 e. The Balaban J connectivity index is 1.61. The van der Waals surface area contributed by atoms with Crippen molar-refractivity contribution < 1.29 is 17.6 Å². The van der Waals surface area contributed by atoms with E-state index in [1.54, 1.807) is 36.7 Å². The van der Waals surface area contributed by atoms with Crippen molar-refractivity contribution in [3.8, 4) is 22.5 Å². The summed E-state index contributed by atoms with van der Waals surface area (Å²) in [5, 5.41) is 3.73. The van der Waals surface area contributed by atoms with E-state index < -0.39 is 23.3 Å². The van der Waals surface area contributed by atoms with Crippen LogP contribution in [0.4, 0.5) is 23.4 Å². The van der Waals surface area contributed by atoms with Crippen LogP contribution in [0.3, 0.4) is 0 Å². The first kappa shape index (κ1) is 21.5. The molecule has 0 saturated heterocycles. The van der Waals surface area contributed by atoms with Crippen molar-refractivity contribution in [2.45, 2.75) is 6.54 Å². The zero-order valence-corrected chi connectivity index (χ0v) is 17.6. The van der Waals surface area contributed by atoms with Crippen LogP contribution >= 0.6 is 0 Å². The van der Waals surface area contributed by atoms with Gasteiger partial charge in [-0.15, -0.1) is 0 Å². The van der Waals surface area contributed by atoms with Gasteiger partial charge < -0.3 is 5.32 Å². The SMILES string of the molecule is Fc1ccc(-c2ccc3nc(-c4cccnc4)nc(NCc4ccc(F)c(F)c4)c3c2)c(F)c1. The number of rotatable bonds is 5. The molecule has 0 aliphatic carbocycles. The second kappa shape index (κ2) is 8.90. The Morgan fingerprint density at radius 2 is 1.62 bits per heavy atom. The molecule has 1 N–H and O–H groups in total. The Morgan fingerprint density at radius 1 is 0.735 bits per heavy atom. The molecule has 4 nitrogen and oxygen atoms in total. The van der Waals surface area contributed by atoms with Crippen molar-refractivity contribution in [2.75, 3.05) is 5.32 Å². The minimum atomic E-state index is -0.947. The molecule has 0 aliphatic heterocycles. The van der Waals surface area contributed by atoms with Crippen molar-refractivity contribution in [1.82, 2.24) is 15.0 Å². The van der Waals surface area contributed by atoms with Gasteiger partial charge in [-0.3, -0.25) is 4.98 Å². The van der Waals surface area contributed by atoms with Crippen molar-refractivity contribution >= 4 is 16.7 Å². The van der Waals surface area contributed by atoms with Crippen LogP contribution in [-0.4, -0.2) is 15.0 Å². The number of hydrogen-bond donors (Lipinski definition) is 1. The van der Waals surface area contributed by atoms with Crippen molar-refractivity contribution in [3.63, 3.8) is 0 Å². The number of anilines is 1. The van der Waals surface area contributed by atoms with Gasteiger partial charge in [0.2, 0.25) is 0 Å². The number of fused-ring (bicyclic) bond motifs is 1. The average Bonchev–Trinajstić information content (AvgIpc) is 2.85. The van der Waals surface area contributed by atoms with Gasteiger partial charge in [-0.25, -0.2) is 27.5 Å². The fraction of sp³-hybridized carbons (Fsp3) is 0.0385. The summed E-state index contributed by atoms with van der Waals surface area (Å²) < 4.78 is 54.7. The molecule has 0 radical (unpaired) electrons. The van der Waals surface area contributed by atoms with Gasteiger partial charge in [-0.2, -0.15) is 0 Å². The number of benzene rings is 3. The van der Waals surface area contributed by atoms with Gasteiger partial charge in [0.25, 0.3) is 0 Å². The Kier molecular flexibility index (Phi) is 5.63. The summed E-state index contributed by atoms with van der Waals surface area (Å²) in [6.45, 7) is 0.158. The molecule has 0 aliphatic rings. The summed E-state index contributed by atoms with van der Waals surface area (Å²) in [6, 6.07) is 15.7. The lowest BCUT2D eigenvalue weighted by atomic mass is 10.0. The maximum absolute atomic E-state index is 14.4. The monoisotopic (exact) mass is 460 g/mol. The number of nitrogens with zero attached hydrogens (tertiary/aromatic N) is 3. The van der Waals surface area contributed by atoms with E-state index in [0.717, 1.165) is 18.2 Å². The number of halogens is 4. The van der Waals surface area contributed by atoms with Crippen LogP contribution in [0.2, 0.25) is 0 Å².